The highest BCUT2D eigenvalue weighted by Gasteiger charge is 2.24. The van der Waals surface area contributed by atoms with Crippen LogP contribution < -0.4 is 10.6 Å². The number of nitrogens with one attached hydrogen (secondary N) is 2. The van der Waals surface area contributed by atoms with E-state index < -0.39 is 0 Å². The summed E-state index contributed by atoms with van der Waals surface area (Å²) in [6.45, 7) is 5.41. The Kier molecular flexibility index (Phi) is 6.95. The highest BCUT2D eigenvalue weighted by molar-refractivity contribution is 5.90. The van der Waals surface area contributed by atoms with Gasteiger partial charge in [-0.25, -0.2) is 4.79 Å². The van der Waals surface area contributed by atoms with Crippen molar-refractivity contribution in [1.29, 1.82) is 5.26 Å². The van der Waals surface area contributed by atoms with Crippen LogP contribution in [-0.2, 0) is 11.2 Å². The molecule has 3 rings (SSSR count). The van der Waals surface area contributed by atoms with Crippen LogP contribution in [0.2, 0.25) is 0 Å². The van der Waals surface area contributed by atoms with Crippen LogP contribution in [0.15, 0.2) is 42.6 Å². The first-order valence-corrected chi connectivity index (χ1v) is 9.52. The second kappa shape index (κ2) is 9.83. The number of aryl methyl sites for hydroxylation is 1. The molecule has 1 aromatic carbocycles. The summed E-state index contributed by atoms with van der Waals surface area (Å²) in [7, 11) is 0. The number of carbonyl (C=O) groups is 1. The lowest BCUT2D eigenvalue weighted by Gasteiger charge is -2.34. The number of rotatable bonds is 6. The average Bonchev–Trinajstić information content (AvgIpc) is 2.75. The number of urea groups is 1. The molecule has 0 bridgehead atoms. The number of anilines is 1. The number of nitriles is 1. The Morgan fingerprint density at radius 3 is 2.82 bits per heavy atom. The molecule has 2 N–H and O–H groups in total. The van der Waals surface area contributed by atoms with Crippen LogP contribution in [0.4, 0.5) is 10.5 Å². The van der Waals surface area contributed by atoms with Gasteiger partial charge in [-0.3, -0.25) is 9.88 Å². The van der Waals surface area contributed by atoms with Gasteiger partial charge in [-0.1, -0.05) is 13.0 Å². The van der Waals surface area contributed by atoms with Crippen molar-refractivity contribution < 1.29 is 9.53 Å². The minimum absolute atomic E-state index is 0.0116. The van der Waals surface area contributed by atoms with Crippen LogP contribution in [0.3, 0.4) is 0 Å². The summed E-state index contributed by atoms with van der Waals surface area (Å²) in [5.74, 6) is 0. The van der Waals surface area contributed by atoms with E-state index in [-0.39, 0.29) is 12.1 Å². The zero-order valence-electron chi connectivity index (χ0n) is 16.0. The number of aromatic nitrogens is 1. The van der Waals surface area contributed by atoms with Gasteiger partial charge in [0, 0.05) is 31.5 Å². The van der Waals surface area contributed by atoms with Gasteiger partial charge in [-0.15, -0.1) is 0 Å². The maximum Gasteiger partial charge on any atom is 0.319 e. The highest BCUT2D eigenvalue weighted by atomic mass is 16.5. The number of morpholine rings is 1. The molecule has 1 fully saturated rings. The fourth-order valence-corrected chi connectivity index (χ4v) is 3.32. The van der Waals surface area contributed by atoms with Crippen molar-refractivity contribution in [2.75, 3.05) is 38.2 Å². The van der Waals surface area contributed by atoms with Crippen LogP contribution in [-0.4, -0.2) is 48.8 Å². The summed E-state index contributed by atoms with van der Waals surface area (Å²) in [5.41, 5.74) is 3.17. The maximum absolute atomic E-state index is 12.5. The number of benzene rings is 1. The van der Waals surface area contributed by atoms with Crippen molar-refractivity contribution in [2.45, 2.75) is 19.4 Å². The molecule has 0 unspecified atom stereocenters. The fraction of sp³-hybridized carbons (Fsp3) is 0.381. The second-order valence-corrected chi connectivity index (χ2v) is 6.59. The summed E-state index contributed by atoms with van der Waals surface area (Å²) >= 11 is 0. The van der Waals surface area contributed by atoms with Gasteiger partial charge in [0.1, 0.15) is 0 Å². The number of carbonyl (C=O) groups excluding carboxylic acids is 1. The van der Waals surface area contributed by atoms with Gasteiger partial charge in [0.05, 0.1) is 36.6 Å². The SMILES string of the molecule is CCc1cc(C#N)ccc1NC(=O)NC[C@@H](c1ccccn1)N1CCOCC1. The number of hydrogen-bond donors (Lipinski definition) is 2. The molecule has 2 aromatic rings. The summed E-state index contributed by atoms with van der Waals surface area (Å²) in [6.07, 6.45) is 2.50. The molecule has 1 atom stereocenters. The molecule has 2 amide bonds. The normalized spacial score (nSPS) is 15.4. The first-order valence-electron chi connectivity index (χ1n) is 9.52. The zero-order valence-corrected chi connectivity index (χ0v) is 16.0. The van der Waals surface area contributed by atoms with Crippen LogP contribution in [0.1, 0.15) is 29.8 Å². The topological polar surface area (TPSA) is 90.3 Å². The van der Waals surface area contributed by atoms with Gasteiger partial charge >= 0.3 is 6.03 Å². The lowest BCUT2D eigenvalue weighted by Crippen LogP contribution is -2.44. The van der Waals surface area contributed by atoms with Crippen molar-refractivity contribution in [2.24, 2.45) is 0 Å². The zero-order chi connectivity index (χ0) is 19.8. The molecule has 0 radical (unpaired) electrons. The van der Waals surface area contributed by atoms with Crippen molar-refractivity contribution in [3.05, 3.63) is 59.4 Å². The largest absolute Gasteiger partial charge is 0.379 e. The van der Waals surface area contributed by atoms with Crippen LogP contribution >= 0.6 is 0 Å². The first-order chi connectivity index (χ1) is 13.7. The summed E-state index contributed by atoms with van der Waals surface area (Å²) in [4.78, 5) is 19.3. The van der Waals surface area contributed by atoms with Gasteiger partial charge < -0.3 is 15.4 Å². The molecule has 0 aliphatic carbocycles. The van der Waals surface area contributed by atoms with Crippen LogP contribution in [0, 0.1) is 11.3 Å². The minimum atomic E-state index is -0.270. The third kappa shape index (κ3) is 5.06. The molecule has 1 aliphatic heterocycles. The van der Waals surface area contributed by atoms with E-state index >= 15 is 0 Å². The van der Waals surface area contributed by atoms with E-state index in [1.54, 1.807) is 24.4 Å². The number of hydrogen-bond acceptors (Lipinski definition) is 5. The molecular weight excluding hydrogens is 354 g/mol. The number of ether oxygens (including phenoxy) is 1. The Hall–Kier alpha value is -2.95. The Morgan fingerprint density at radius 2 is 2.14 bits per heavy atom. The third-order valence-electron chi connectivity index (χ3n) is 4.84. The Labute approximate surface area is 165 Å². The second-order valence-electron chi connectivity index (χ2n) is 6.59. The summed E-state index contributed by atoms with van der Waals surface area (Å²) in [5, 5.41) is 14.9. The molecule has 7 nitrogen and oxygen atoms in total. The predicted molar refractivity (Wildman–Crippen MR) is 107 cm³/mol. The number of nitrogens with zero attached hydrogens (tertiary/aromatic N) is 3. The van der Waals surface area contributed by atoms with E-state index in [2.05, 4.69) is 26.6 Å². The molecule has 1 aromatic heterocycles. The van der Waals surface area contributed by atoms with Crippen molar-refractivity contribution in [1.82, 2.24) is 15.2 Å². The van der Waals surface area contributed by atoms with Gasteiger partial charge in [0.2, 0.25) is 0 Å². The van der Waals surface area contributed by atoms with Crippen molar-refractivity contribution in [3.63, 3.8) is 0 Å². The van der Waals surface area contributed by atoms with Crippen molar-refractivity contribution >= 4 is 11.7 Å². The van der Waals surface area contributed by atoms with Gasteiger partial charge in [-0.05, 0) is 42.3 Å². The molecule has 2 heterocycles. The smallest absolute Gasteiger partial charge is 0.319 e. The quantitative estimate of drug-likeness (QED) is 0.805. The molecule has 0 spiro atoms. The molecular formula is C21H25N5O2. The van der Waals surface area contributed by atoms with E-state index in [4.69, 9.17) is 10.00 Å². The van der Waals surface area contributed by atoms with Gasteiger partial charge in [0.25, 0.3) is 0 Å². The van der Waals surface area contributed by atoms with E-state index in [0.717, 1.165) is 36.5 Å². The Morgan fingerprint density at radius 1 is 1.32 bits per heavy atom. The minimum Gasteiger partial charge on any atom is -0.379 e. The Bertz CT molecular complexity index is 828. The van der Waals surface area contributed by atoms with Crippen LogP contribution in [0.5, 0.6) is 0 Å². The lowest BCUT2D eigenvalue weighted by atomic mass is 10.1. The standard InChI is InChI=1S/C21H25N5O2/c1-2-17-13-16(14-22)6-7-18(17)25-21(27)24-15-20(19-5-3-4-8-23-19)26-9-11-28-12-10-26/h3-8,13,20H,2,9-12,15H2,1H3,(H2,24,25,27)/t20-/m0/s1. The molecule has 1 saturated heterocycles. The third-order valence-corrected chi connectivity index (χ3v) is 4.84. The summed E-state index contributed by atoms with van der Waals surface area (Å²) in [6, 6.07) is 13.0. The molecule has 146 valence electrons. The lowest BCUT2D eigenvalue weighted by molar-refractivity contribution is 0.0159. The molecule has 28 heavy (non-hydrogen) atoms. The van der Waals surface area contributed by atoms with Gasteiger partial charge in [0.15, 0.2) is 0 Å². The van der Waals surface area contributed by atoms with Crippen molar-refractivity contribution in [3.8, 4) is 6.07 Å². The highest BCUT2D eigenvalue weighted by Crippen LogP contribution is 2.20. The fourth-order valence-electron chi connectivity index (χ4n) is 3.32. The molecule has 0 saturated carbocycles. The monoisotopic (exact) mass is 379 g/mol. The molecule has 7 heteroatoms. The van der Waals surface area contributed by atoms with Crippen LogP contribution in [0.25, 0.3) is 0 Å². The van der Waals surface area contributed by atoms with E-state index in [9.17, 15) is 4.79 Å². The first kappa shape index (κ1) is 19.8. The number of amides is 2. The van der Waals surface area contributed by atoms with E-state index in [1.807, 2.05) is 25.1 Å². The van der Waals surface area contributed by atoms with E-state index in [1.165, 1.54) is 0 Å². The Balaban J connectivity index is 1.66. The maximum atomic E-state index is 12.5. The number of pyridine rings is 1. The van der Waals surface area contributed by atoms with Gasteiger partial charge in [-0.2, -0.15) is 5.26 Å². The summed E-state index contributed by atoms with van der Waals surface area (Å²) < 4.78 is 5.45. The van der Waals surface area contributed by atoms with E-state index in [0.29, 0.717) is 25.3 Å². The average molecular weight is 379 g/mol. The predicted octanol–water partition coefficient (Wildman–Crippen LogP) is 2.71. The molecule has 1 aliphatic rings.